The molecule has 3 aromatic heterocycles. The summed E-state index contributed by atoms with van der Waals surface area (Å²) in [6.07, 6.45) is 3.55. The molecule has 0 aliphatic heterocycles. The topological polar surface area (TPSA) is 68.5 Å². The van der Waals surface area contributed by atoms with E-state index < -0.39 is 0 Å². The maximum Gasteiger partial charge on any atom is 0.170 e. The van der Waals surface area contributed by atoms with E-state index in [1.165, 1.54) is 0 Å². The summed E-state index contributed by atoms with van der Waals surface area (Å²) in [6, 6.07) is 3.94. The normalized spacial score (nSPS) is 10.9. The zero-order chi connectivity index (χ0) is 14.1. The highest BCUT2D eigenvalue weighted by Crippen LogP contribution is 2.22. The van der Waals surface area contributed by atoms with Crippen LogP contribution in [-0.2, 0) is 0 Å². The molecule has 6 nitrogen and oxygen atoms in total. The molecule has 0 aromatic carbocycles. The fourth-order valence-corrected chi connectivity index (χ4v) is 2.12. The van der Waals surface area contributed by atoms with Crippen LogP contribution in [0.1, 0.15) is 18.3 Å². The number of pyridine rings is 1. The molecular formula is C14H16N6. The van der Waals surface area contributed by atoms with Gasteiger partial charge in [0.15, 0.2) is 11.5 Å². The van der Waals surface area contributed by atoms with Crippen molar-refractivity contribution in [3.05, 3.63) is 35.9 Å². The van der Waals surface area contributed by atoms with E-state index in [0.29, 0.717) is 5.82 Å². The average molecular weight is 268 g/mol. The Labute approximate surface area is 116 Å². The molecule has 0 saturated heterocycles. The second kappa shape index (κ2) is 4.88. The van der Waals surface area contributed by atoms with Gasteiger partial charge >= 0.3 is 0 Å². The van der Waals surface area contributed by atoms with Crippen LogP contribution < -0.4 is 5.32 Å². The summed E-state index contributed by atoms with van der Waals surface area (Å²) < 4.78 is 1.75. The van der Waals surface area contributed by atoms with Crippen LogP contribution in [0.3, 0.4) is 0 Å². The highest BCUT2D eigenvalue weighted by atomic mass is 15.3. The van der Waals surface area contributed by atoms with Gasteiger partial charge in [-0.3, -0.25) is 0 Å². The maximum absolute atomic E-state index is 4.49. The van der Waals surface area contributed by atoms with E-state index in [1.807, 2.05) is 32.9 Å². The van der Waals surface area contributed by atoms with Crippen LogP contribution in [0.4, 0.5) is 5.82 Å². The van der Waals surface area contributed by atoms with E-state index in [0.717, 1.165) is 34.8 Å². The Hall–Kier alpha value is -2.50. The third-order valence-electron chi connectivity index (χ3n) is 3.00. The minimum absolute atomic E-state index is 0.711. The van der Waals surface area contributed by atoms with Crippen LogP contribution in [-0.4, -0.2) is 31.3 Å². The molecule has 0 bridgehead atoms. The van der Waals surface area contributed by atoms with Crippen molar-refractivity contribution in [2.24, 2.45) is 0 Å². The van der Waals surface area contributed by atoms with E-state index >= 15 is 0 Å². The molecule has 6 heteroatoms. The summed E-state index contributed by atoms with van der Waals surface area (Å²) in [5.74, 6) is 2.29. The van der Waals surface area contributed by atoms with E-state index in [1.54, 1.807) is 17.1 Å². The van der Waals surface area contributed by atoms with Crippen molar-refractivity contribution in [1.29, 1.82) is 0 Å². The van der Waals surface area contributed by atoms with E-state index in [4.69, 9.17) is 0 Å². The number of aryl methyl sites for hydroxylation is 2. The van der Waals surface area contributed by atoms with Crippen molar-refractivity contribution < 1.29 is 0 Å². The summed E-state index contributed by atoms with van der Waals surface area (Å²) in [7, 11) is 0. The molecule has 20 heavy (non-hydrogen) atoms. The predicted octanol–water partition coefficient (Wildman–Crippen LogP) is 2.26. The van der Waals surface area contributed by atoms with Crippen molar-refractivity contribution in [3.8, 4) is 5.82 Å². The van der Waals surface area contributed by atoms with Crippen LogP contribution in [0, 0.1) is 13.8 Å². The first kappa shape index (κ1) is 12.5. The van der Waals surface area contributed by atoms with E-state index in [9.17, 15) is 0 Å². The zero-order valence-electron chi connectivity index (χ0n) is 11.8. The Morgan fingerprint density at radius 3 is 2.85 bits per heavy atom. The van der Waals surface area contributed by atoms with Gasteiger partial charge in [-0.25, -0.2) is 15.0 Å². The summed E-state index contributed by atoms with van der Waals surface area (Å²) in [5, 5.41) is 8.55. The Bertz CT molecular complexity index is 761. The predicted molar refractivity (Wildman–Crippen MR) is 78.1 cm³/mol. The largest absolute Gasteiger partial charge is 0.370 e. The van der Waals surface area contributed by atoms with Crippen molar-refractivity contribution in [3.63, 3.8) is 0 Å². The van der Waals surface area contributed by atoms with Crippen molar-refractivity contribution in [1.82, 2.24) is 24.7 Å². The van der Waals surface area contributed by atoms with E-state index in [2.05, 4.69) is 25.4 Å². The Morgan fingerprint density at radius 2 is 2.10 bits per heavy atom. The number of anilines is 1. The second-order valence-corrected chi connectivity index (χ2v) is 4.63. The van der Waals surface area contributed by atoms with Gasteiger partial charge in [-0.15, -0.1) is 0 Å². The van der Waals surface area contributed by atoms with Crippen molar-refractivity contribution in [2.45, 2.75) is 20.8 Å². The lowest BCUT2D eigenvalue weighted by Gasteiger charge is -2.06. The smallest absolute Gasteiger partial charge is 0.170 e. The molecule has 0 spiro atoms. The highest BCUT2D eigenvalue weighted by Gasteiger charge is 2.12. The molecule has 0 aliphatic rings. The molecule has 3 heterocycles. The minimum atomic E-state index is 0.711. The third kappa shape index (κ3) is 2.09. The van der Waals surface area contributed by atoms with Crippen LogP contribution in [0.2, 0.25) is 0 Å². The van der Waals surface area contributed by atoms with Gasteiger partial charge in [-0.2, -0.15) is 9.78 Å². The molecule has 0 radical (unpaired) electrons. The third-order valence-corrected chi connectivity index (χ3v) is 3.00. The van der Waals surface area contributed by atoms with Crippen LogP contribution in [0.15, 0.2) is 24.5 Å². The van der Waals surface area contributed by atoms with Gasteiger partial charge in [-0.1, -0.05) is 0 Å². The highest BCUT2D eigenvalue weighted by molar-refractivity contribution is 5.87. The number of aromatic nitrogens is 5. The summed E-state index contributed by atoms with van der Waals surface area (Å²) >= 11 is 0. The number of nitrogens with zero attached hydrogens (tertiary/aromatic N) is 5. The fraction of sp³-hybridized carbons (Fsp3) is 0.286. The molecule has 0 fully saturated rings. The summed E-state index contributed by atoms with van der Waals surface area (Å²) in [5.41, 5.74) is 1.91. The van der Waals surface area contributed by atoms with Gasteiger partial charge in [0, 0.05) is 12.7 Å². The molecule has 102 valence electrons. The minimum Gasteiger partial charge on any atom is -0.370 e. The molecule has 3 aromatic rings. The van der Waals surface area contributed by atoms with Gasteiger partial charge in [0.05, 0.1) is 11.6 Å². The molecule has 0 saturated carbocycles. The molecule has 0 aliphatic carbocycles. The average Bonchev–Trinajstić information content (AvgIpc) is 2.82. The summed E-state index contributed by atoms with van der Waals surface area (Å²) in [4.78, 5) is 13.3. The second-order valence-electron chi connectivity index (χ2n) is 4.63. The van der Waals surface area contributed by atoms with Crippen LogP contribution in [0.5, 0.6) is 0 Å². The first-order valence-electron chi connectivity index (χ1n) is 6.58. The van der Waals surface area contributed by atoms with Gasteiger partial charge in [0.1, 0.15) is 11.6 Å². The molecule has 0 amide bonds. The fourth-order valence-electron chi connectivity index (χ4n) is 2.12. The number of hydrogen-bond donors (Lipinski definition) is 1. The maximum atomic E-state index is 4.49. The van der Waals surface area contributed by atoms with Crippen molar-refractivity contribution in [2.75, 3.05) is 11.9 Å². The van der Waals surface area contributed by atoms with Crippen LogP contribution >= 0.6 is 0 Å². The Morgan fingerprint density at radius 1 is 1.25 bits per heavy atom. The number of rotatable bonds is 3. The molecule has 1 N–H and O–H groups in total. The monoisotopic (exact) mass is 268 g/mol. The van der Waals surface area contributed by atoms with Gasteiger partial charge < -0.3 is 5.32 Å². The van der Waals surface area contributed by atoms with Gasteiger partial charge in [0.25, 0.3) is 0 Å². The Kier molecular flexibility index (Phi) is 3.06. The zero-order valence-corrected chi connectivity index (χ0v) is 11.8. The first-order valence-corrected chi connectivity index (χ1v) is 6.58. The Balaban J connectivity index is 2.23. The molecule has 0 unspecified atom stereocenters. The lowest BCUT2D eigenvalue weighted by Crippen LogP contribution is -2.05. The van der Waals surface area contributed by atoms with Gasteiger partial charge in [-0.05, 0) is 38.5 Å². The lowest BCUT2D eigenvalue weighted by molar-refractivity contribution is 0.856. The number of fused-ring (bicyclic) bond motifs is 1. The lowest BCUT2D eigenvalue weighted by atomic mass is 10.3. The standard InChI is InChI=1S/C14H16N6/c1-4-15-13-11-8-17-20(14(11)19-10(3)18-13)12-7-9(2)5-6-16-12/h5-8H,4H2,1-3H3,(H,15,18,19). The quantitative estimate of drug-likeness (QED) is 0.789. The molecular weight excluding hydrogens is 252 g/mol. The van der Waals surface area contributed by atoms with E-state index in [-0.39, 0.29) is 0 Å². The summed E-state index contributed by atoms with van der Waals surface area (Å²) in [6.45, 7) is 6.75. The molecule has 3 rings (SSSR count). The first-order chi connectivity index (χ1) is 9.69. The SMILES string of the molecule is CCNc1nc(C)nc2c1cnn2-c1cc(C)ccn1. The number of hydrogen-bond acceptors (Lipinski definition) is 5. The van der Waals surface area contributed by atoms with Crippen molar-refractivity contribution >= 4 is 16.9 Å². The number of nitrogens with one attached hydrogen (secondary N) is 1. The molecule has 0 atom stereocenters. The van der Waals surface area contributed by atoms with Gasteiger partial charge in [0.2, 0.25) is 0 Å². The van der Waals surface area contributed by atoms with Crippen LogP contribution in [0.25, 0.3) is 16.9 Å².